The van der Waals surface area contributed by atoms with Gasteiger partial charge in [-0.05, 0) is 19.3 Å². The molecule has 0 bridgehead atoms. The molecule has 0 aromatic heterocycles. The molecular formula is C12H23NO. The molecule has 1 saturated carbocycles. The van der Waals surface area contributed by atoms with Gasteiger partial charge in [0.15, 0.2) is 0 Å². The van der Waals surface area contributed by atoms with E-state index in [1.54, 1.807) is 0 Å². The van der Waals surface area contributed by atoms with E-state index < -0.39 is 0 Å². The number of rotatable bonds is 7. The molecule has 1 N–H and O–H groups in total. The van der Waals surface area contributed by atoms with Gasteiger partial charge in [-0.3, -0.25) is 0 Å². The Hall–Kier alpha value is -0.340. The van der Waals surface area contributed by atoms with Gasteiger partial charge in [0.2, 0.25) is 0 Å². The quantitative estimate of drug-likeness (QED) is 0.500. The van der Waals surface area contributed by atoms with Crippen molar-refractivity contribution in [2.45, 2.75) is 45.1 Å². The Kier molecular flexibility index (Phi) is 5.88. The van der Waals surface area contributed by atoms with E-state index in [1.807, 2.05) is 0 Å². The van der Waals surface area contributed by atoms with E-state index >= 15 is 0 Å². The molecule has 14 heavy (non-hydrogen) atoms. The van der Waals surface area contributed by atoms with Crippen molar-refractivity contribution in [2.75, 3.05) is 19.7 Å². The van der Waals surface area contributed by atoms with Gasteiger partial charge in [-0.15, -0.1) is 0 Å². The Morgan fingerprint density at radius 2 is 2.14 bits per heavy atom. The normalized spacial score (nSPS) is 17.5. The Labute approximate surface area is 87.7 Å². The second-order valence-corrected chi connectivity index (χ2v) is 4.06. The summed E-state index contributed by atoms with van der Waals surface area (Å²) >= 11 is 0. The number of hydrogen-bond acceptors (Lipinski definition) is 2. The van der Waals surface area contributed by atoms with Crippen LogP contribution in [-0.4, -0.2) is 25.8 Å². The van der Waals surface area contributed by atoms with Crippen LogP contribution in [0.2, 0.25) is 0 Å². The van der Waals surface area contributed by atoms with Crippen molar-refractivity contribution in [3.05, 3.63) is 12.2 Å². The average molecular weight is 197 g/mol. The fraction of sp³-hybridized carbons (Fsp3) is 0.833. The third kappa shape index (κ3) is 4.77. The van der Waals surface area contributed by atoms with Gasteiger partial charge >= 0.3 is 0 Å². The fourth-order valence-corrected chi connectivity index (χ4v) is 1.74. The SMILES string of the molecule is C=C(CC)CNCCOC1CCCC1. The minimum absolute atomic E-state index is 0.547. The topological polar surface area (TPSA) is 21.3 Å². The van der Waals surface area contributed by atoms with E-state index in [0.29, 0.717) is 6.10 Å². The van der Waals surface area contributed by atoms with Crippen molar-refractivity contribution in [1.29, 1.82) is 0 Å². The van der Waals surface area contributed by atoms with E-state index in [9.17, 15) is 0 Å². The van der Waals surface area contributed by atoms with Gasteiger partial charge in [0.05, 0.1) is 12.7 Å². The highest BCUT2D eigenvalue weighted by molar-refractivity contribution is 4.94. The summed E-state index contributed by atoms with van der Waals surface area (Å²) in [4.78, 5) is 0. The molecule has 2 nitrogen and oxygen atoms in total. The minimum Gasteiger partial charge on any atom is -0.377 e. The van der Waals surface area contributed by atoms with Crippen molar-refractivity contribution in [3.8, 4) is 0 Å². The first kappa shape index (κ1) is 11.7. The molecule has 1 rings (SSSR count). The number of ether oxygens (including phenoxy) is 1. The molecule has 0 saturated heterocycles. The van der Waals surface area contributed by atoms with Gasteiger partial charge < -0.3 is 10.1 Å². The first-order valence-electron chi connectivity index (χ1n) is 5.82. The lowest BCUT2D eigenvalue weighted by molar-refractivity contribution is 0.0607. The highest BCUT2D eigenvalue weighted by Gasteiger charge is 2.14. The highest BCUT2D eigenvalue weighted by atomic mass is 16.5. The molecule has 0 heterocycles. The van der Waals surface area contributed by atoms with Crippen molar-refractivity contribution in [3.63, 3.8) is 0 Å². The summed E-state index contributed by atoms with van der Waals surface area (Å²) in [5.41, 5.74) is 1.27. The first-order valence-corrected chi connectivity index (χ1v) is 5.82. The maximum absolute atomic E-state index is 5.73. The molecule has 0 atom stereocenters. The fourth-order valence-electron chi connectivity index (χ4n) is 1.74. The molecule has 0 aromatic carbocycles. The molecule has 0 aliphatic heterocycles. The zero-order valence-electron chi connectivity index (χ0n) is 9.35. The summed E-state index contributed by atoms with van der Waals surface area (Å²) in [5.74, 6) is 0. The van der Waals surface area contributed by atoms with Crippen LogP contribution in [0.15, 0.2) is 12.2 Å². The molecular weight excluding hydrogens is 174 g/mol. The zero-order valence-corrected chi connectivity index (χ0v) is 9.35. The Balaban J connectivity index is 1.86. The summed E-state index contributed by atoms with van der Waals surface area (Å²) in [6, 6.07) is 0. The van der Waals surface area contributed by atoms with E-state index in [0.717, 1.165) is 26.1 Å². The summed E-state index contributed by atoms with van der Waals surface area (Å²) in [6.45, 7) is 8.82. The van der Waals surface area contributed by atoms with Crippen LogP contribution in [0.1, 0.15) is 39.0 Å². The Morgan fingerprint density at radius 3 is 2.79 bits per heavy atom. The first-order chi connectivity index (χ1) is 6.83. The molecule has 0 radical (unpaired) electrons. The molecule has 1 aliphatic carbocycles. The number of hydrogen-bond donors (Lipinski definition) is 1. The Morgan fingerprint density at radius 1 is 1.43 bits per heavy atom. The van der Waals surface area contributed by atoms with Gasteiger partial charge in [-0.25, -0.2) is 0 Å². The van der Waals surface area contributed by atoms with E-state index in [1.165, 1.54) is 31.3 Å². The summed E-state index contributed by atoms with van der Waals surface area (Å²) in [5, 5.41) is 3.34. The second kappa shape index (κ2) is 7.02. The van der Waals surface area contributed by atoms with Gasteiger partial charge in [0.25, 0.3) is 0 Å². The summed E-state index contributed by atoms with van der Waals surface area (Å²) in [6.07, 6.45) is 6.85. The standard InChI is InChI=1S/C12H23NO/c1-3-11(2)10-13-8-9-14-12-6-4-5-7-12/h12-13H,2-10H2,1H3. The minimum atomic E-state index is 0.547. The summed E-state index contributed by atoms with van der Waals surface area (Å²) in [7, 11) is 0. The van der Waals surface area contributed by atoms with Gasteiger partial charge in [-0.2, -0.15) is 0 Å². The second-order valence-electron chi connectivity index (χ2n) is 4.06. The van der Waals surface area contributed by atoms with Crippen LogP contribution >= 0.6 is 0 Å². The lowest BCUT2D eigenvalue weighted by Crippen LogP contribution is -2.23. The van der Waals surface area contributed by atoms with Gasteiger partial charge in [-0.1, -0.05) is 31.9 Å². The van der Waals surface area contributed by atoms with Crippen LogP contribution in [0.5, 0.6) is 0 Å². The molecule has 0 aromatic rings. The van der Waals surface area contributed by atoms with Crippen molar-refractivity contribution < 1.29 is 4.74 Å². The van der Waals surface area contributed by atoms with Crippen LogP contribution in [0.25, 0.3) is 0 Å². The van der Waals surface area contributed by atoms with Crippen molar-refractivity contribution >= 4 is 0 Å². The molecule has 0 unspecified atom stereocenters. The lowest BCUT2D eigenvalue weighted by atomic mass is 10.2. The molecule has 1 fully saturated rings. The van der Waals surface area contributed by atoms with Crippen LogP contribution in [0.4, 0.5) is 0 Å². The van der Waals surface area contributed by atoms with E-state index in [4.69, 9.17) is 4.74 Å². The van der Waals surface area contributed by atoms with Crippen LogP contribution in [-0.2, 0) is 4.74 Å². The third-order valence-electron chi connectivity index (χ3n) is 2.81. The highest BCUT2D eigenvalue weighted by Crippen LogP contribution is 2.20. The predicted molar refractivity (Wildman–Crippen MR) is 60.5 cm³/mol. The molecule has 0 spiro atoms. The molecule has 0 amide bonds. The Bertz CT molecular complexity index is 162. The lowest BCUT2D eigenvalue weighted by Gasteiger charge is -2.11. The number of nitrogens with one attached hydrogen (secondary N) is 1. The monoisotopic (exact) mass is 197 g/mol. The molecule has 2 heteroatoms. The predicted octanol–water partition coefficient (Wildman–Crippen LogP) is 2.50. The molecule has 1 aliphatic rings. The zero-order chi connectivity index (χ0) is 10.2. The third-order valence-corrected chi connectivity index (χ3v) is 2.81. The largest absolute Gasteiger partial charge is 0.377 e. The van der Waals surface area contributed by atoms with Crippen molar-refractivity contribution in [1.82, 2.24) is 5.32 Å². The van der Waals surface area contributed by atoms with Crippen LogP contribution < -0.4 is 5.32 Å². The molecule has 82 valence electrons. The van der Waals surface area contributed by atoms with Crippen LogP contribution in [0.3, 0.4) is 0 Å². The maximum atomic E-state index is 5.73. The van der Waals surface area contributed by atoms with Crippen LogP contribution in [0, 0.1) is 0 Å². The van der Waals surface area contributed by atoms with E-state index in [-0.39, 0.29) is 0 Å². The summed E-state index contributed by atoms with van der Waals surface area (Å²) < 4.78 is 5.73. The van der Waals surface area contributed by atoms with Gasteiger partial charge in [0, 0.05) is 13.1 Å². The average Bonchev–Trinajstić information content (AvgIpc) is 2.69. The van der Waals surface area contributed by atoms with E-state index in [2.05, 4.69) is 18.8 Å². The van der Waals surface area contributed by atoms with Gasteiger partial charge in [0.1, 0.15) is 0 Å². The maximum Gasteiger partial charge on any atom is 0.0594 e. The van der Waals surface area contributed by atoms with Crippen molar-refractivity contribution in [2.24, 2.45) is 0 Å². The smallest absolute Gasteiger partial charge is 0.0594 e.